The van der Waals surface area contributed by atoms with E-state index in [4.69, 9.17) is 14.6 Å². The van der Waals surface area contributed by atoms with Gasteiger partial charge in [-0.3, -0.25) is 9.59 Å². The van der Waals surface area contributed by atoms with Crippen LogP contribution in [0.5, 0.6) is 5.75 Å². The normalized spacial score (nSPS) is 19.9. The summed E-state index contributed by atoms with van der Waals surface area (Å²) < 4.78 is 12.7. The first-order chi connectivity index (χ1) is 16.8. The van der Waals surface area contributed by atoms with Gasteiger partial charge in [0.15, 0.2) is 0 Å². The van der Waals surface area contributed by atoms with E-state index in [9.17, 15) is 14.7 Å². The van der Waals surface area contributed by atoms with Crippen LogP contribution in [-0.2, 0) is 14.3 Å². The van der Waals surface area contributed by atoms with Crippen molar-refractivity contribution in [3.63, 3.8) is 0 Å². The molecule has 0 spiro atoms. The van der Waals surface area contributed by atoms with Gasteiger partial charge in [-0.25, -0.2) is 0 Å². The summed E-state index contributed by atoms with van der Waals surface area (Å²) in [7, 11) is 0. The van der Waals surface area contributed by atoms with Crippen molar-refractivity contribution in [1.29, 1.82) is 0 Å². The minimum absolute atomic E-state index is 0.0505. The number of nitrogens with zero attached hydrogens (tertiary/aromatic N) is 1. The average Bonchev–Trinajstić information content (AvgIpc) is 2.83. The fourth-order valence-corrected chi connectivity index (χ4v) is 4.48. The predicted octanol–water partition coefficient (Wildman–Crippen LogP) is 3.04. The second kappa shape index (κ2) is 15.4. The lowest BCUT2D eigenvalue weighted by molar-refractivity contribution is -0.139. The first kappa shape index (κ1) is 29.5. The number of carbonyl (C=O) groups excluding carboxylic acids is 2. The highest BCUT2D eigenvalue weighted by molar-refractivity contribution is 14.1. The number of hydrogen-bond donors (Lipinski definition) is 3. The number of aliphatic hydroxyl groups is 2. The van der Waals surface area contributed by atoms with Crippen molar-refractivity contribution in [2.75, 3.05) is 26.3 Å². The molecule has 0 bridgehead atoms. The van der Waals surface area contributed by atoms with Crippen LogP contribution in [0.25, 0.3) is 0 Å². The quantitative estimate of drug-likeness (QED) is 0.223. The van der Waals surface area contributed by atoms with Gasteiger partial charge < -0.3 is 29.9 Å². The minimum atomic E-state index is -1.02. The maximum absolute atomic E-state index is 13.2. The molecule has 1 aliphatic rings. The van der Waals surface area contributed by atoms with Crippen molar-refractivity contribution in [2.24, 2.45) is 0 Å². The molecule has 8 nitrogen and oxygen atoms in total. The summed E-state index contributed by atoms with van der Waals surface area (Å²) in [5, 5.41) is 23.2. The molecule has 1 aromatic rings. The Balaban J connectivity index is 2.32. The highest BCUT2D eigenvalue weighted by Crippen LogP contribution is 2.30. The van der Waals surface area contributed by atoms with Gasteiger partial charge in [0.1, 0.15) is 18.0 Å². The van der Waals surface area contributed by atoms with Gasteiger partial charge in [0.2, 0.25) is 11.8 Å². The number of halogens is 1. The first-order valence-electron chi connectivity index (χ1n) is 12.4. The SMILES string of the molecule is CCCCC(=O)N(CCCOC(C)C)[C@@H]1CC(C(=O)NCCO)=C[C@H](Oc2ccccc2I)[C@H]1O. The van der Waals surface area contributed by atoms with Crippen LogP contribution in [-0.4, -0.2) is 77.6 Å². The lowest BCUT2D eigenvalue weighted by Crippen LogP contribution is -2.55. The molecular formula is C26H39IN2O6. The Kier molecular flexibility index (Phi) is 13.0. The standard InChI is InChI=1S/C26H39IN2O6/c1-4-5-11-24(31)29(13-8-15-34-18(2)3)21-16-19(26(33)28-12-14-30)17-23(25(21)32)35-22-10-7-6-9-20(22)27/h6-7,9-10,17-18,21,23,25,30,32H,4-5,8,11-16H2,1-3H3,(H,28,33)/t21-,23+,25+/m1/s1. The molecule has 0 saturated carbocycles. The average molecular weight is 603 g/mol. The molecule has 196 valence electrons. The molecule has 2 rings (SSSR count). The molecule has 1 aliphatic carbocycles. The topological polar surface area (TPSA) is 108 Å². The van der Waals surface area contributed by atoms with E-state index in [1.165, 1.54) is 0 Å². The second-order valence-corrected chi connectivity index (χ2v) is 10.1. The maximum Gasteiger partial charge on any atom is 0.247 e. The summed E-state index contributed by atoms with van der Waals surface area (Å²) in [6.45, 7) is 6.81. The van der Waals surface area contributed by atoms with Crippen LogP contribution < -0.4 is 10.1 Å². The number of para-hydroxylation sites is 1. The zero-order valence-electron chi connectivity index (χ0n) is 20.9. The Morgan fingerprint density at radius 1 is 1.26 bits per heavy atom. The number of ether oxygens (including phenoxy) is 2. The van der Waals surface area contributed by atoms with E-state index in [0.717, 1.165) is 16.4 Å². The summed E-state index contributed by atoms with van der Waals surface area (Å²) in [6, 6.07) is 6.83. The number of benzene rings is 1. The van der Waals surface area contributed by atoms with E-state index < -0.39 is 18.2 Å². The number of carbonyl (C=O) groups is 2. The second-order valence-electron chi connectivity index (χ2n) is 8.91. The fourth-order valence-electron chi connectivity index (χ4n) is 3.97. The first-order valence-corrected chi connectivity index (χ1v) is 13.5. The van der Waals surface area contributed by atoms with Crippen molar-refractivity contribution in [2.45, 2.75) is 77.2 Å². The van der Waals surface area contributed by atoms with E-state index in [1.807, 2.05) is 45.0 Å². The Bertz CT molecular complexity index is 847. The third-order valence-corrected chi connectivity index (χ3v) is 6.66. The van der Waals surface area contributed by atoms with Crippen molar-refractivity contribution >= 4 is 34.4 Å². The maximum atomic E-state index is 13.2. The van der Waals surface area contributed by atoms with Crippen LogP contribution in [0, 0.1) is 3.57 Å². The largest absolute Gasteiger partial charge is 0.482 e. The van der Waals surface area contributed by atoms with Crippen molar-refractivity contribution in [1.82, 2.24) is 10.2 Å². The molecule has 2 amide bonds. The summed E-state index contributed by atoms with van der Waals surface area (Å²) in [6.07, 6.45) is 2.74. The predicted molar refractivity (Wildman–Crippen MR) is 143 cm³/mol. The lowest BCUT2D eigenvalue weighted by atomic mass is 9.87. The Morgan fingerprint density at radius 2 is 2.00 bits per heavy atom. The molecule has 0 radical (unpaired) electrons. The third-order valence-electron chi connectivity index (χ3n) is 5.77. The molecule has 0 saturated heterocycles. The highest BCUT2D eigenvalue weighted by Gasteiger charge is 2.40. The number of nitrogens with one attached hydrogen (secondary N) is 1. The summed E-state index contributed by atoms with van der Waals surface area (Å²) in [5.41, 5.74) is 0.427. The molecule has 0 aromatic heterocycles. The van der Waals surface area contributed by atoms with Gasteiger partial charge in [-0.1, -0.05) is 25.5 Å². The number of hydrogen-bond acceptors (Lipinski definition) is 6. The van der Waals surface area contributed by atoms with Crippen LogP contribution in [0.3, 0.4) is 0 Å². The number of unbranched alkanes of at least 4 members (excludes halogenated alkanes) is 1. The third kappa shape index (κ3) is 9.36. The van der Waals surface area contributed by atoms with Gasteiger partial charge in [-0.05, 0) is 67.5 Å². The van der Waals surface area contributed by atoms with Crippen LogP contribution in [0.1, 0.15) is 52.9 Å². The van der Waals surface area contributed by atoms with E-state index in [1.54, 1.807) is 11.0 Å². The van der Waals surface area contributed by atoms with Crippen molar-refractivity contribution < 1.29 is 29.3 Å². The van der Waals surface area contributed by atoms with Crippen LogP contribution in [0.15, 0.2) is 35.9 Å². The molecule has 35 heavy (non-hydrogen) atoms. The highest BCUT2D eigenvalue weighted by atomic mass is 127. The zero-order valence-corrected chi connectivity index (χ0v) is 23.1. The molecule has 1 aromatic carbocycles. The van der Waals surface area contributed by atoms with Crippen molar-refractivity contribution in [3.05, 3.63) is 39.5 Å². The Morgan fingerprint density at radius 3 is 2.66 bits per heavy atom. The van der Waals surface area contributed by atoms with Gasteiger partial charge >= 0.3 is 0 Å². The summed E-state index contributed by atoms with van der Waals surface area (Å²) >= 11 is 2.16. The number of aliphatic hydroxyl groups excluding tert-OH is 2. The van der Waals surface area contributed by atoms with Gasteiger partial charge in [0.25, 0.3) is 0 Å². The Hall–Kier alpha value is -1.69. The smallest absolute Gasteiger partial charge is 0.247 e. The molecule has 3 N–H and O–H groups in total. The van der Waals surface area contributed by atoms with Gasteiger partial charge in [-0.2, -0.15) is 0 Å². The lowest BCUT2D eigenvalue weighted by Gasteiger charge is -2.40. The fraction of sp³-hybridized carbons (Fsp3) is 0.615. The van der Waals surface area contributed by atoms with Crippen LogP contribution in [0.2, 0.25) is 0 Å². The van der Waals surface area contributed by atoms with E-state index >= 15 is 0 Å². The molecule has 0 heterocycles. The summed E-state index contributed by atoms with van der Waals surface area (Å²) in [5.74, 6) is 0.209. The molecule has 9 heteroatoms. The molecule has 0 unspecified atom stereocenters. The van der Waals surface area contributed by atoms with Gasteiger partial charge in [-0.15, -0.1) is 0 Å². The minimum Gasteiger partial charge on any atom is -0.482 e. The molecule has 3 atom stereocenters. The van der Waals surface area contributed by atoms with E-state index in [0.29, 0.717) is 37.3 Å². The van der Waals surface area contributed by atoms with Gasteiger partial charge in [0, 0.05) is 38.1 Å². The van der Waals surface area contributed by atoms with Crippen molar-refractivity contribution in [3.8, 4) is 5.75 Å². The molecular weight excluding hydrogens is 563 g/mol. The Labute approximate surface area is 222 Å². The van der Waals surface area contributed by atoms with E-state index in [-0.39, 0.29) is 37.5 Å². The zero-order chi connectivity index (χ0) is 25.8. The number of amides is 2. The summed E-state index contributed by atoms with van der Waals surface area (Å²) in [4.78, 5) is 27.7. The van der Waals surface area contributed by atoms with E-state index in [2.05, 4.69) is 27.9 Å². The number of rotatable bonds is 14. The van der Waals surface area contributed by atoms with Gasteiger partial charge in [0.05, 0.1) is 22.3 Å². The van der Waals surface area contributed by atoms with Crippen LogP contribution in [0.4, 0.5) is 0 Å². The van der Waals surface area contributed by atoms with Crippen LogP contribution >= 0.6 is 22.6 Å². The molecule has 0 aliphatic heterocycles. The monoisotopic (exact) mass is 602 g/mol. The molecule has 0 fully saturated rings.